The van der Waals surface area contributed by atoms with Gasteiger partial charge in [0, 0.05) is 24.3 Å². The molecule has 2 atom stereocenters. The molecule has 3 N–H and O–H groups in total. The SMILES string of the molecule is CCCCC(CN)NC(=O)c1ccoc1CN1c2ccccc2CC1C.Cl.Cl. The number of carbonyl (C=O) groups excluding carboxylic acids is 1. The van der Waals surface area contributed by atoms with E-state index in [1.165, 1.54) is 11.3 Å². The fraction of sp³-hybridized carbons (Fsp3) is 0.476. The standard InChI is InChI=1S/C21H29N3O2.2ClH/c1-3-4-8-17(13-22)23-21(25)18-10-11-26-20(18)14-24-15(2)12-16-7-5-6-9-19(16)24;;/h5-7,9-11,15,17H,3-4,8,12-14,22H2,1-2H3,(H,23,25);2*1H. The molecule has 2 heterocycles. The van der Waals surface area contributed by atoms with Crippen LogP contribution in [0.25, 0.3) is 0 Å². The van der Waals surface area contributed by atoms with Crippen LogP contribution in [0.4, 0.5) is 5.69 Å². The average molecular weight is 428 g/mol. The van der Waals surface area contributed by atoms with Crippen LogP contribution in [0.15, 0.2) is 41.0 Å². The van der Waals surface area contributed by atoms with Crippen LogP contribution < -0.4 is 16.0 Å². The van der Waals surface area contributed by atoms with Crippen molar-refractivity contribution in [3.8, 4) is 0 Å². The molecule has 0 bridgehead atoms. The second kappa shape index (κ2) is 11.3. The maximum absolute atomic E-state index is 12.7. The molecule has 1 aliphatic rings. The Hall–Kier alpha value is -1.69. The van der Waals surface area contributed by atoms with Gasteiger partial charge in [0.15, 0.2) is 0 Å². The quantitative estimate of drug-likeness (QED) is 0.657. The number of unbranched alkanes of at least 4 members (excludes halogenated alkanes) is 1. The van der Waals surface area contributed by atoms with Crippen LogP contribution >= 0.6 is 24.8 Å². The molecule has 0 saturated carbocycles. The number of para-hydroxylation sites is 1. The molecule has 2 aromatic rings. The molecule has 5 nitrogen and oxygen atoms in total. The van der Waals surface area contributed by atoms with Crippen molar-refractivity contribution in [2.75, 3.05) is 11.4 Å². The molecule has 1 aromatic heterocycles. The van der Waals surface area contributed by atoms with Gasteiger partial charge in [-0.3, -0.25) is 4.79 Å². The van der Waals surface area contributed by atoms with Crippen molar-refractivity contribution in [3.63, 3.8) is 0 Å². The first-order valence-electron chi connectivity index (χ1n) is 9.55. The fourth-order valence-corrected chi connectivity index (χ4v) is 3.65. The van der Waals surface area contributed by atoms with E-state index < -0.39 is 0 Å². The van der Waals surface area contributed by atoms with Crippen LogP contribution in [-0.4, -0.2) is 24.5 Å². The summed E-state index contributed by atoms with van der Waals surface area (Å²) in [5.41, 5.74) is 8.99. The molecule has 1 amide bonds. The molecular weight excluding hydrogens is 397 g/mol. The van der Waals surface area contributed by atoms with E-state index in [0.717, 1.165) is 25.7 Å². The number of benzene rings is 1. The first kappa shape index (κ1) is 24.3. The van der Waals surface area contributed by atoms with Crippen molar-refractivity contribution >= 4 is 36.4 Å². The number of hydrogen-bond donors (Lipinski definition) is 2. The van der Waals surface area contributed by atoms with Crippen molar-refractivity contribution in [1.82, 2.24) is 5.32 Å². The predicted molar refractivity (Wildman–Crippen MR) is 119 cm³/mol. The highest BCUT2D eigenvalue weighted by molar-refractivity contribution is 5.95. The molecule has 0 fully saturated rings. The monoisotopic (exact) mass is 427 g/mol. The fourth-order valence-electron chi connectivity index (χ4n) is 3.65. The first-order chi connectivity index (χ1) is 12.6. The van der Waals surface area contributed by atoms with E-state index in [9.17, 15) is 4.79 Å². The first-order valence-corrected chi connectivity index (χ1v) is 9.55. The third kappa shape index (κ3) is 5.43. The smallest absolute Gasteiger partial charge is 0.255 e. The number of furan rings is 1. The van der Waals surface area contributed by atoms with Crippen LogP contribution in [0.1, 0.15) is 54.8 Å². The van der Waals surface area contributed by atoms with Crippen molar-refractivity contribution < 1.29 is 9.21 Å². The van der Waals surface area contributed by atoms with Gasteiger partial charge in [0.2, 0.25) is 0 Å². The highest BCUT2D eigenvalue weighted by Crippen LogP contribution is 2.33. The Morgan fingerprint density at radius 3 is 2.79 bits per heavy atom. The molecule has 7 heteroatoms. The summed E-state index contributed by atoms with van der Waals surface area (Å²) in [6, 6.07) is 10.6. The number of halogens is 2. The third-order valence-corrected chi connectivity index (χ3v) is 5.18. The van der Waals surface area contributed by atoms with E-state index in [1.807, 2.05) is 0 Å². The molecule has 156 valence electrons. The maximum Gasteiger partial charge on any atom is 0.255 e. The summed E-state index contributed by atoms with van der Waals surface area (Å²) < 4.78 is 5.67. The summed E-state index contributed by atoms with van der Waals surface area (Å²) in [5, 5.41) is 3.06. The Morgan fingerprint density at radius 2 is 2.07 bits per heavy atom. The van der Waals surface area contributed by atoms with Gasteiger partial charge in [0.25, 0.3) is 5.91 Å². The van der Waals surface area contributed by atoms with Gasteiger partial charge in [-0.2, -0.15) is 0 Å². The highest BCUT2D eigenvalue weighted by atomic mass is 35.5. The van der Waals surface area contributed by atoms with Gasteiger partial charge in [0.05, 0.1) is 18.4 Å². The maximum atomic E-state index is 12.7. The number of amides is 1. The number of nitrogens with two attached hydrogens (primary N) is 1. The average Bonchev–Trinajstić information content (AvgIpc) is 3.23. The minimum absolute atomic E-state index is 0. The van der Waals surface area contributed by atoms with E-state index in [1.54, 1.807) is 12.3 Å². The lowest BCUT2D eigenvalue weighted by molar-refractivity contribution is 0.0933. The zero-order valence-electron chi connectivity index (χ0n) is 16.5. The minimum Gasteiger partial charge on any atom is -0.467 e. The molecule has 0 radical (unpaired) electrons. The van der Waals surface area contributed by atoms with Crippen molar-refractivity contribution in [3.05, 3.63) is 53.5 Å². The Labute approximate surface area is 179 Å². The summed E-state index contributed by atoms with van der Waals surface area (Å²) in [6.07, 6.45) is 5.67. The molecular formula is C21H31Cl2N3O2. The van der Waals surface area contributed by atoms with Crippen molar-refractivity contribution in [1.29, 1.82) is 0 Å². The molecule has 0 spiro atoms. The lowest BCUT2D eigenvalue weighted by Gasteiger charge is -2.24. The van der Waals surface area contributed by atoms with Gasteiger partial charge in [-0.05, 0) is 37.5 Å². The second-order valence-electron chi connectivity index (χ2n) is 7.12. The van der Waals surface area contributed by atoms with Gasteiger partial charge >= 0.3 is 0 Å². The number of nitrogens with zero attached hydrogens (tertiary/aromatic N) is 1. The van der Waals surface area contributed by atoms with Crippen LogP contribution in [0, 0.1) is 0 Å². The van der Waals surface area contributed by atoms with Gasteiger partial charge in [-0.15, -0.1) is 24.8 Å². The van der Waals surface area contributed by atoms with Gasteiger partial charge < -0.3 is 20.4 Å². The van der Waals surface area contributed by atoms with Gasteiger partial charge in [0.1, 0.15) is 5.76 Å². The van der Waals surface area contributed by atoms with Crippen molar-refractivity contribution in [2.24, 2.45) is 5.73 Å². The van der Waals surface area contributed by atoms with Gasteiger partial charge in [-0.25, -0.2) is 0 Å². The number of fused-ring (bicyclic) bond motifs is 1. The summed E-state index contributed by atoms with van der Waals surface area (Å²) in [4.78, 5) is 15.0. The second-order valence-corrected chi connectivity index (χ2v) is 7.12. The molecule has 3 rings (SSSR count). The number of nitrogens with one attached hydrogen (secondary N) is 1. The molecule has 1 aromatic carbocycles. The lowest BCUT2D eigenvalue weighted by Crippen LogP contribution is -2.40. The Balaban J connectivity index is 0.00000196. The van der Waals surface area contributed by atoms with Crippen molar-refractivity contribution in [2.45, 2.75) is 58.2 Å². The summed E-state index contributed by atoms with van der Waals surface area (Å²) in [5.74, 6) is 0.609. The zero-order chi connectivity index (χ0) is 18.5. The van der Waals surface area contributed by atoms with Crippen LogP contribution in [-0.2, 0) is 13.0 Å². The summed E-state index contributed by atoms with van der Waals surface area (Å²) >= 11 is 0. The zero-order valence-corrected chi connectivity index (χ0v) is 18.2. The molecule has 0 aliphatic carbocycles. The molecule has 0 saturated heterocycles. The number of carbonyl (C=O) groups is 1. The largest absolute Gasteiger partial charge is 0.467 e. The third-order valence-electron chi connectivity index (χ3n) is 5.18. The van der Waals surface area contributed by atoms with Crippen LogP contribution in [0.2, 0.25) is 0 Å². The normalized spacial score (nSPS) is 16.0. The van der Waals surface area contributed by atoms with Gasteiger partial charge in [-0.1, -0.05) is 38.0 Å². The minimum atomic E-state index is -0.0968. The number of hydrogen-bond acceptors (Lipinski definition) is 4. The number of anilines is 1. The lowest BCUT2D eigenvalue weighted by atomic mass is 10.1. The van der Waals surface area contributed by atoms with E-state index in [-0.39, 0.29) is 36.8 Å². The summed E-state index contributed by atoms with van der Waals surface area (Å²) in [6.45, 7) is 5.39. The molecule has 2 unspecified atom stereocenters. The predicted octanol–water partition coefficient (Wildman–Crippen LogP) is 4.32. The Morgan fingerprint density at radius 1 is 1.32 bits per heavy atom. The Kier molecular flexibility index (Phi) is 9.87. The van der Waals surface area contributed by atoms with Crippen LogP contribution in [0.3, 0.4) is 0 Å². The Bertz CT molecular complexity index is 751. The highest BCUT2D eigenvalue weighted by Gasteiger charge is 2.28. The van der Waals surface area contributed by atoms with E-state index >= 15 is 0 Å². The van der Waals surface area contributed by atoms with Crippen LogP contribution in [0.5, 0.6) is 0 Å². The topological polar surface area (TPSA) is 71.5 Å². The van der Waals surface area contributed by atoms with E-state index in [0.29, 0.717) is 30.5 Å². The number of rotatable bonds is 8. The summed E-state index contributed by atoms with van der Waals surface area (Å²) in [7, 11) is 0. The van der Waals surface area contributed by atoms with E-state index in [2.05, 4.69) is 48.3 Å². The molecule has 28 heavy (non-hydrogen) atoms. The molecule has 1 aliphatic heterocycles. The van der Waals surface area contributed by atoms with E-state index in [4.69, 9.17) is 10.2 Å².